The second-order valence-electron chi connectivity index (χ2n) is 5.85. The lowest BCUT2D eigenvalue weighted by Crippen LogP contribution is -2.41. The Morgan fingerprint density at radius 1 is 1.40 bits per heavy atom. The third-order valence-electron chi connectivity index (χ3n) is 3.73. The molecule has 0 bridgehead atoms. The minimum atomic E-state index is -0.852. The highest BCUT2D eigenvalue weighted by molar-refractivity contribution is 5.73. The highest BCUT2D eigenvalue weighted by Crippen LogP contribution is 2.40. The maximum atomic E-state index is 10.8. The van der Waals surface area contributed by atoms with Crippen LogP contribution in [0.1, 0.15) is 46.5 Å². The van der Waals surface area contributed by atoms with E-state index >= 15 is 0 Å². The minimum absolute atomic E-state index is 0.167. The average Bonchev–Trinajstić information content (AvgIpc) is 2.15. The predicted octanol–water partition coefficient (Wildman–Crippen LogP) is 2.25. The number of hydrogen-bond donors (Lipinski definition) is 2. The van der Waals surface area contributed by atoms with Crippen molar-refractivity contribution in [2.75, 3.05) is 0 Å². The quantitative estimate of drug-likeness (QED) is 0.739. The SMILES string of the molecule is CC(C)(C)C1CCCC(C(N)C(=O)O)C1. The molecule has 3 unspecified atom stereocenters. The lowest BCUT2D eigenvalue weighted by Gasteiger charge is -2.38. The van der Waals surface area contributed by atoms with Gasteiger partial charge in [0.2, 0.25) is 0 Å². The molecule has 15 heavy (non-hydrogen) atoms. The Labute approximate surface area is 92.0 Å². The van der Waals surface area contributed by atoms with E-state index in [0.29, 0.717) is 5.92 Å². The molecule has 0 aromatic rings. The number of carbonyl (C=O) groups is 1. The summed E-state index contributed by atoms with van der Waals surface area (Å²) in [5.41, 5.74) is 5.97. The number of carboxylic acid groups (broad SMARTS) is 1. The van der Waals surface area contributed by atoms with Gasteiger partial charge < -0.3 is 10.8 Å². The van der Waals surface area contributed by atoms with E-state index in [0.717, 1.165) is 19.3 Å². The molecular formula is C12H23NO2. The molecule has 3 N–H and O–H groups in total. The van der Waals surface area contributed by atoms with Crippen molar-refractivity contribution in [3.05, 3.63) is 0 Å². The Hall–Kier alpha value is -0.570. The van der Waals surface area contributed by atoms with E-state index in [-0.39, 0.29) is 11.3 Å². The van der Waals surface area contributed by atoms with Crippen molar-refractivity contribution < 1.29 is 9.90 Å². The van der Waals surface area contributed by atoms with Crippen LogP contribution < -0.4 is 5.73 Å². The van der Waals surface area contributed by atoms with Gasteiger partial charge >= 0.3 is 5.97 Å². The van der Waals surface area contributed by atoms with Gasteiger partial charge in [-0.1, -0.05) is 27.2 Å². The zero-order valence-electron chi connectivity index (χ0n) is 9.99. The third kappa shape index (κ3) is 3.20. The summed E-state index contributed by atoms with van der Waals surface area (Å²) >= 11 is 0. The molecule has 0 saturated heterocycles. The molecule has 0 aromatic carbocycles. The van der Waals surface area contributed by atoms with Crippen LogP contribution in [-0.2, 0) is 4.79 Å². The van der Waals surface area contributed by atoms with E-state index in [2.05, 4.69) is 20.8 Å². The fourth-order valence-electron chi connectivity index (χ4n) is 2.54. The molecular weight excluding hydrogens is 190 g/mol. The molecule has 1 aliphatic rings. The van der Waals surface area contributed by atoms with Crippen LogP contribution in [0.3, 0.4) is 0 Å². The van der Waals surface area contributed by atoms with Crippen molar-refractivity contribution in [2.24, 2.45) is 23.0 Å². The molecule has 3 nitrogen and oxygen atoms in total. The van der Waals surface area contributed by atoms with Gasteiger partial charge in [0.1, 0.15) is 6.04 Å². The van der Waals surface area contributed by atoms with Crippen LogP contribution in [0.4, 0.5) is 0 Å². The summed E-state index contributed by atoms with van der Waals surface area (Å²) in [6.45, 7) is 6.69. The molecule has 1 fully saturated rings. The summed E-state index contributed by atoms with van der Waals surface area (Å²) in [6, 6.07) is -0.671. The summed E-state index contributed by atoms with van der Waals surface area (Å²) in [7, 11) is 0. The molecule has 88 valence electrons. The number of hydrogen-bond acceptors (Lipinski definition) is 2. The molecule has 1 aliphatic carbocycles. The van der Waals surface area contributed by atoms with E-state index in [1.807, 2.05) is 0 Å². The molecule has 3 heteroatoms. The van der Waals surface area contributed by atoms with Crippen LogP contribution in [0, 0.1) is 17.3 Å². The van der Waals surface area contributed by atoms with Crippen molar-refractivity contribution in [2.45, 2.75) is 52.5 Å². The molecule has 1 rings (SSSR count). The van der Waals surface area contributed by atoms with Gasteiger partial charge in [0.05, 0.1) is 0 Å². The fraction of sp³-hybridized carbons (Fsp3) is 0.917. The van der Waals surface area contributed by atoms with Gasteiger partial charge in [-0.3, -0.25) is 4.79 Å². The highest BCUT2D eigenvalue weighted by Gasteiger charge is 2.34. The summed E-state index contributed by atoms with van der Waals surface area (Å²) in [4.78, 5) is 10.8. The van der Waals surface area contributed by atoms with Crippen molar-refractivity contribution >= 4 is 5.97 Å². The smallest absolute Gasteiger partial charge is 0.320 e. The Morgan fingerprint density at radius 2 is 2.00 bits per heavy atom. The fourth-order valence-corrected chi connectivity index (χ4v) is 2.54. The molecule has 0 aliphatic heterocycles. The number of rotatable bonds is 2. The van der Waals surface area contributed by atoms with Gasteiger partial charge in [0, 0.05) is 0 Å². The second-order valence-corrected chi connectivity index (χ2v) is 5.85. The van der Waals surface area contributed by atoms with E-state index in [9.17, 15) is 4.79 Å². The Morgan fingerprint density at radius 3 is 2.47 bits per heavy atom. The van der Waals surface area contributed by atoms with Crippen LogP contribution in [0.25, 0.3) is 0 Å². The maximum Gasteiger partial charge on any atom is 0.320 e. The average molecular weight is 213 g/mol. The van der Waals surface area contributed by atoms with Crippen molar-refractivity contribution in [1.82, 2.24) is 0 Å². The standard InChI is InChI=1S/C12H23NO2/c1-12(2,3)9-6-4-5-8(7-9)10(13)11(14)15/h8-10H,4-7,13H2,1-3H3,(H,14,15). The molecule has 0 radical (unpaired) electrons. The van der Waals surface area contributed by atoms with Gasteiger partial charge in [0.25, 0.3) is 0 Å². The van der Waals surface area contributed by atoms with Gasteiger partial charge in [-0.2, -0.15) is 0 Å². The van der Waals surface area contributed by atoms with E-state index in [1.54, 1.807) is 0 Å². The first kappa shape index (κ1) is 12.5. The largest absolute Gasteiger partial charge is 0.480 e. The van der Waals surface area contributed by atoms with Crippen molar-refractivity contribution in [3.63, 3.8) is 0 Å². The molecule has 0 heterocycles. The monoisotopic (exact) mass is 213 g/mol. The van der Waals surface area contributed by atoms with Gasteiger partial charge in [-0.05, 0) is 36.5 Å². The Balaban J connectivity index is 2.60. The zero-order valence-corrected chi connectivity index (χ0v) is 9.99. The van der Waals surface area contributed by atoms with Crippen LogP contribution in [0.2, 0.25) is 0 Å². The van der Waals surface area contributed by atoms with Gasteiger partial charge in [-0.15, -0.1) is 0 Å². The van der Waals surface area contributed by atoms with Crippen LogP contribution in [-0.4, -0.2) is 17.1 Å². The molecule has 0 spiro atoms. The van der Waals surface area contributed by atoms with Gasteiger partial charge in [-0.25, -0.2) is 0 Å². The summed E-state index contributed by atoms with van der Waals surface area (Å²) in [5, 5.41) is 8.90. The first-order valence-corrected chi connectivity index (χ1v) is 5.80. The molecule has 0 amide bonds. The predicted molar refractivity (Wildman–Crippen MR) is 60.5 cm³/mol. The minimum Gasteiger partial charge on any atom is -0.480 e. The second kappa shape index (κ2) is 4.52. The van der Waals surface area contributed by atoms with E-state index in [4.69, 9.17) is 10.8 Å². The lowest BCUT2D eigenvalue weighted by molar-refractivity contribution is -0.140. The molecule has 3 atom stereocenters. The van der Waals surface area contributed by atoms with Crippen LogP contribution >= 0.6 is 0 Å². The Bertz CT molecular complexity index is 232. The topological polar surface area (TPSA) is 63.3 Å². The zero-order chi connectivity index (χ0) is 11.6. The maximum absolute atomic E-state index is 10.8. The first-order valence-electron chi connectivity index (χ1n) is 5.80. The van der Waals surface area contributed by atoms with Crippen LogP contribution in [0.15, 0.2) is 0 Å². The number of nitrogens with two attached hydrogens (primary N) is 1. The van der Waals surface area contributed by atoms with Crippen molar-refractivity contribution in [3.8, 4) is 0 Å². The lowest BCUT2D eigenvalue weighted by atomic mass is 9.68. The number of aliphatic carboxylic acids is 1. The normalized spacial score (nSPS) is 29.9. The van der Waals surface area contributed by atoms with E-state index in [1.165, 1.54) is 6.42 Å². The molecule has 1 saturated carbocycles. The third-order valence-corrected chi connectivity index (χ3v) is 3.73. The summed E-state index contributed by atoms with van der Waals surface area (Å²) < 4.78 is 0. The van der Waals surface area contributed by atoms with E-state index < -0.39 is 12.0 Å². The molecule has 0 aromatic heterocycles. The summed E-state index contributed by atoms with van der Waals surface area (Å²) in [5.74, 6) is -0.0725. The first-order chi connectivity index (χ1) is 6.82. The number of carboxylic acids is 1. The Kier molecular flexibility index (Phi) is 3.77. The van der Waals surface area contributed by atoms with Crippen molar-refractivity contribution in [1.29, 1.82) is 0 Å². The highest BCUT2D eigenvalue weighted by atomic mass is 16.4. The van der Waals surface area contributed by atoms with Crippen LogP contribution in [0.5, 0.6) is 0 Å². The van der Waals surface area contributed by atoms with Gasteiger partial charge in [0.15, 0.2) is 0 Å². The summed E-state index contributed by atoms with van der Waals surface area (Å²) in [6.07, 6.45) is 4.27.